The van der Waals surface area contributed by atoms with Crippen molar-refractivity contribution in [1.82, 2.24) is 21.3 Å². The molecule has 0 aliphatic carbocycles. The molecule has 1 aliphatic rings. The highest BCUT2D eigenvalue weighted by molar-refractivity contribution is 7.80. The van der Waals surface area contributed by atoms with Crippen molar-refractivity contribution < 1.29 is 24.3 Å². The summed E-state index contributed by atoms with van der Waals surface area (Å²) in [6.45, 7) is 5.62. The van der Waals surface area contributed by atoms with Gasteiger partial charge in [-0.25, -0.2) is 4.79 Å². The number of hydrogen-bond acceptors (Lipinski definition) is 6. The van der Waals surface area contributed by atoms with E-state index in [0.717, 1.165) is 13.0 Å². The van der Waals surface area contributed by atoms with E-state index in [0.29, 0.717) is 6.42 Å². The second kappa shape index (κ2) is 10.4. The van der Waals surface area contributed by atoms with Crippen molar-refractivity contribution in [2.45, 2.75) is 57.8 Å². The molecule has 0 aromatic carbocycles. The molecule has 0 bridgehead atoms. The lowest BCUT2D eigenvalue weighted by atomic mass is 10.0. The first-order chi connectivity index (χ1) is 12.2. The third kappa shape index (κ3) is 6.49. The molecule has 9 nitrogen and oxygen atoms in total. The Morgan fingerprint density at radius 3 is 2.23 bits per heavy atom. The Labute approximate surface area is 158 Å². The minimum absolute atomic E-state index is 0.00709. The molecule has 1 fully saturated rings. The molecule has 4 unspecified atom stereocenters. The SMILES string of the molecule is CC(NC(=O)C1CCCN1)C(=O)NC(CS)C(=O)NC(C(=O)O)C(C)C. The van der Waals surface area contributed by atoms with Crippen LogP contribution in [0.1, 0.15) is 33.6 Å². The highest BCUT2D eigenvalue weighted by atomic mass is 32.1. The second-order valence-corrected chi connectivity index (χ2v) is 7.06. The monoisotopic (exact) mass is 388 g/mol. The molecule has 0 aromatic rings. The topological polar surface area (TPSA) is 137 Å². The fourth-order valence-electron chi connectivity index (χ4n) is 2.55. The summed E-state index contributed by atoms with van der Waals surface area (Å²) in [5, 5.41) is 19.7. The average molecular weight is 388 g/mol. The zero-order valence-corrected chi connectivity index (χ0v) is 16.1. The third-order valence-corrected chi connectivity index (χ3v) is 4.54. The Balaban J connectivity index is 2.58. The molecule has 0 spiro atoms. The van der Waals surface area contributed by atoms with Gasteiger partial charge in [-0.05, 0) is 32.2 Å². The Bertz CT molecular complexity index is 537. The first-order valence-corrected chi connectivity index (χ1v) is 9.28. The van der Waals surface area contributed by atoms with Crippen LogP contribution in [0.15, 0.2) is 0 Å². The Hall–Kier alpha value is -1.81. The van der Waals surface area contributed by atoms with Gasteiger partial charge in [-0.3, -0.25) is 14.4 Å². The summed E-state index contributed by atoms with van der Waals surface area (Å²) in [5.74, 6) is -2.91. The largest absolute Gasteiger partial charge is 0.480 e. The maximum Gasteiger partial charge on any atom is 0.326 e. The molecule has 4 atom stereocenters. The lowest BCUT2D eigenvalue weighted by molar-refractivity contribution is -0.143. The average Bonchev–Trinajstić information content (AvgIpc) is 3.10. The summed E-state index contributed by atoms with van der Waals surface area (Å²) in [5.41, 5.74) is 0. The predicted molar refractivity (Wildman–Crippen MR) is 98.8 cm³/mol. The molecule has 5 N–H and O–H groups in total. The molecule has 0 aromatic heterocycles. The summed E-state index contributed by atoms with van der Waals surface area (Å²) < 4.78 is 0. The number of hydrogen-bond donors (Lipinski definition) is 6. The molecule has 148 valence electrons. The number of nitrogens with one attached hydrogen (secondary N) is 4. The van der Waals surface area contributed by atoms with Gasteiger partial charge in [-0.1, -0.05) is 13.8 Å². The van der Waals surface area contributed by atoms with Gasteiger partial charge in [0.05, 0.1) is 6.04 Å². The van der Waals surface area contributed by atoms with E-state index in [9.17, 15) is 19.2 Å². The molecule has 1 aliphatic heterocycles. The van der Waals surface area contributed by atoms with Crippen LogP contribution in [-0.2, 0) is 19.2 Å². The predicted octanol–water partition coefficient (Wildman–Crippen LogP) is -1.12. The number of carbonyl (C=O) groups excluding carboxylic acids is 3. The van der Waals surface area contributed by atoms with Crippen molar-refractivity contribution in [1.29, 1.82) is 0 Å². The Kier molecular flexibility index (Phi) is 8.86. The third-order valence-electron chi connectivity index (χ3n) is 4.17. The van der Waals surface area contributed by atoms with Gasteiger partial charge < -0.3 is 26.4 Å². The molecular formula is C16H28N4O5S. The van der Waals surface area contributed by atoms with Gasteiger partial charge in [0, 0.05) is 5.75 Å². The number of thiol groups is 1. The summed E-state index contributed by atoms with van der Waals surface area (Å²) in [6.07, 6.45) is 1.62. The number of aliphatic carboxylic acids is 1. The van der Waals surface area contributed by atoms with E-state index in [2.05, 4.69) is 33.9 Å². The van der Waals surface area contributed by atoms with Crippen LogP contribution in [0.3, 0.4) is 0 Å². The van der Waals surface area contributed by atoms with Gasteiger partial charge in [0.15, 0.2) is 0 Å². The van der Waals surface area contributed by atoms with E-state index < -0.39 is 35.9 Å². The van der Waals surface area contributed by atoms with Gasteiger partial charge in [0.1, 0.15) is 18.1 Å². The normalized spacial score (nSPS) is 20.1. The molecule has 1 rings (SSSR count). The van der Waals surface area contributed by atoms with Crippen LogP contribution >= 0.6 is 12.6 Å². The van der Waals surface area contributed by atoms with Gasteiger partial charge in [0.25, 0.3) is 0 Å². The van der Waals surface area contributed by atoms with Crippen molar-refractivity contribution in [3.8, 4) is 0 Å². The van der Waals surface area contributed by atoms with E-state index >= 15 is 0 Å². The highest BCUT2D eigenvalue weighted by Crippen LogP contribution is 2.05. The smallest absolute Gasteiger partial charge is 0.326 e. The summed E-state index contributed by atoms with van der Waals surface area (Å²) in [7, 11) is 0. The van der Waals surface area contributed by atoms with Gasteiger partial charge in [0.2, 0.25) is 17.7 Å². The van der Waals surface area contributed by atoms with Gasteiger partial charge >= 0.3 is 5.97 Å². The van der Waals surface area contributed by atoms with Crippen LogP contribution in [-0.4, -0.2) is 65.3 Å². The number of carboxylic acids is 1. The maximum absolute atomic E-state index is 12.2. The number of carbonyl (C=O) groups is 4. The molecule has 1 heterocycles. The fraction of sp³-hybridized carbons (Fsp3) is 0.750. The van der Waals surface area contributed by atoms with Gasteiger partial charge in [-0.15, -0.1) is 0 Å². The fourth-order valence-corrected chi connectivity index (χ4v) is 2.80. The zero-order valence-electron chi connectivity index (χ0n) is 15.2. The summed E-state index contributed by atoms with van der Waals surface area (Å²) >= 11 is 4.04. The zero-order chi connectivity index (χ0) is 19.9. The minimum Gasteiger partial charge on any atom is -0.480 e. The van der Waals surface area contributed by atoms with Crippen LogP contribution in [0.25, 0.3) is 0 Å². The molecule has 0 saturated carbocycles. The van der Waals surface area contributed by atoms with E-state index in [1.807, 2.05) is 0 Å². The van der Waals surface area contributed by atoms with E-state index in [1.54, 1.807) is 13.8 Å². The number of carboxylic acid groups (broad SMARTS) is 1. The maximum atomic E-state index is 12.2. The van der Waals surface area contributed by atoms with Crippen molar-refractivity contribution in [3.05, 3.63) is 0 Å². The van der Waals surface area contributed by atoms with Crippen molar-refractivity contribution in [3.63, 3.8) is 0 Å². The summed E-state index contributed by atoms with van der Waals surface area (Å²) in [4.78, 5) is 47.7. The molecular weight excluding hydrogens is 360 g/mol. The molecule has 26 heavy (non-hydrogen) atoms. The van der Waals surface area contributed by atoms with Crippen LogP contribution in [0.5, 0.6) is 0 Å². The number of rotatable bonds is 9. The lowest BCUT2D eigenvalue weighted by Gasteiger charge is -2.24. The number of amides is 3. The van der Waals surface area contributed by atoms with Crippen LogP contribution in [0, 0.1) is 5.92 Å². The van der Waals surface area contributed by atoms with Crippen LogP contribution in [0.4, 0.5) is 0 Å². The Morgan fingerprint density at radius 2 is 1.77 bits per heavy atom. The molecule has 1 saturated heterocycles. The summed E-state index contributed by atoms with van der Waals surface area (Å²) in [6, 6.07) is -3.21. The first-order valence-electron chi connectivity index (χ1n) is 8.65. The Morgan fingerprint density at radius 1 is 1.12 bits per heavy atom. The van der Waals surface area contributed by atoms with E-state index in [4.69, 9.17) is 5.11 Å². The van der Waals surface area contributed by atoms with E-state index in [1.165, 1.54) is 6.92 Å². The quantitative estimate of drug-likeness (QED) is 0.277. The molecule has 10 heteroatoms. The van der Waals surface area contributed by atoms with Crippen LogP contribution < -0.4 is 21.3 Å². The second-order valence-electron chi connectivity index (χ2n) is 6.69. The van der Waals surface area contributed by atoms with Gasteiger partial charge in [-0.2, -0.15) is 12.6 Å². The van der Waals surface area contributed by atoms with Crippen LogP contribution in [0.2, 0.25) is 0 Å². The molecule has 3 amide bonds. The van der Waals surface area contributed by atoms with E-state index in [-0.39, 0.29) is 23.6 Å². The molecule has 0 radical (unpaired) electrons. The first kappa shape index (κ1) is 22.2. The lowest BCUT2D eigenvalue weighted by Crippen LogP contribution is -2.57. The standard InChI is InChI=1S/C16H28N4O5S/c1-8(2)12(16(24)25)20-15(23)11(7-26)19-13(21)9(3)18-14(22)10-5-4-6-17-10/h8-12,17,26H,4-7H2,1-3H3,(H,18,22)(H,19,21)(H,20,23)(H,24,25). The van der Waals surface area contributed by atoms with Crippen molar-refractivity contribution >= 4 is 36.3 Å². The minimum atomic E-state index is -1.15. The highest BCUT2D eigenvalue weighted by Gasteiger charge is 2.30. The van der Waals surface area contributed by atoms with Crippen molar-refractivity contribution in [2.75, 3.05) is 12.3 Å². The van der Waals surface area contributed by atoms with Crippen molar-refractivity contribution in [2.24, 2.45) is 5.92 Å².